The number of thioether (sulfide) groups is 1. The van der Waals surface area contributed by atoms with E-state index in [-0.39, 0.29) is 11.7 Å². The number of aromatic nitrogens is 4. The Bertz CT molecular complexity index is 892. The fourth-order valence-electron chi connectivity index (χ4n) is 2.71. The predicted octanol–water partition coefficient (Wildman–Crippen LogP) is 3.79. The second kappa shape index (κ2) is 5.66. The Hall–Kier alpha value is -2.29. The van der Waals surface area contributed by atoms with E-state index >= 15 is 0 Å². The molecular weight excluding hydrogens is 339 g/mol. The molecule has 5 nitrogen and oxygen atoms in total. The zero-order chi connectivity index (χ0) is 16.7. The van der Waals surface area contributed by atoms with E-state index in [1.807, 2.05) is 24.3 Å². The number of benzene rings is 1. The summed E-state index contributed by atoms with van der Waals surface area (Å²) >= 11 is 1.78. The van der Waals surface area contributed by atoms with E-state index in [9.17, 15) is 13.2 Å². The van der Waals surface area contributed by atoms with E-state index in [0.29, 0.717) is 5.82 Å². The molecule has 0 fully saturated rings. The van der Waals surface area contributed by atoms with Crippen molar-refractivity contribution < 1.29 is 13.2 Å². The first-order valence-electron chi connectivity index (χ1n) is 7.30. The standard InChI is InChI=1S/C15H12F3N5S/c16-15(17,18)14-21-20-13-6-5-12(22-23(13)14)19-10-7-8-24-11-4-2-1-3-9(10)11/h1-6,10H,7-8H2,(H,19,22). The maximum absolute atomic E-state index is 13.0. The van der Waals surface area contributed by atoms with Crippen LogP contribution in [0.4, 0.5) is 19.0 Å². The van der Waals surface area contributed by atoms with Crippen LogP contribution in [0, 0.1) is 0 Å². The van der Waals surface area contributed by atoms with Crippen LogP contribution in [0.5, 0.6) is 0 Å². The molecule has 2 aromatic heterocycles. The molecule has 0 saturated carbocycles. The number of nitrogens with zero attached hydrogens (tertiary/aromatic N) is 4. The second-order valence-corrected chi connectivity index (χ2v) is 6.52. The minimum Gasteiger partial charge on any atom is -0.362 e. The Kier molecular flexibility index (Phi) is 3.60. The molecule has 0 radical (unpaired) electrons. The molecule has 4 rings (SSSR count). The minimum atomic E-state index is -4.60. The van der Waals surface area contributed by atoms with Crippen molar-refractivity contribution in [2.45, 2.75) is 23.5 Å². The van der Waals surface area contributed by atoms with Crippen LogP contribution in [0.15, 0.2) is 41.3 Å². The molecule has 0 amide bonds. The van der Waals surface area contributed by atoms with Gasteiger partial charge in [0.15, 0.2) is 5.65 Å². The van der Waals surface area contributed by atoms with Gasteiger partial charge in [-0.1, -0.05) is 18.2 Å². The average Bonchev–Trinajstić information content (AvgIpc) is 2.99. The predicted molar refractivity (Wildman–Crippen MR) is 83.9 cm³/mol. The first-order chi connectivity index (χ1) is 11.5. The summed E-state index contributed by atoms with van der Waals surface area (Å²) in [7, 11) is 0. The summed E-state index contributed by atoms with van der Waals surface area (Å²) in [4.78, 5) is 1.18. The molecule has 0 bridgehead atoms. The summed E-state index contributed by atoms with van der Waals surface area (Å²) < 4.78 is 39.6. The highest BCUT2D eigenvalue weighted by Crippen LogP contribution is 2.37. The third-order valence-corrected chi connectivity index (χ3v) is 4.92. The lowest BCUT2D eigenvalue weighted by atomic mass is 10.0. The average molecular weight is 351 g/mol. The summed E-state index contributed by atoms with van der Waals surface area (Å²) in [6.45, 7) is 0. The van der Waals surface area contributed by atoms with Gasteiger partial charge < -0.3 is 5.32 Å². The van der Waals surface area contributed by atoms with Crippen molar-refractivity contribution in [3.63, 3.8) is 0 Å². The molecule has 1 atom stereocenters. The number of fused-ring (bicyclic) bond motifs is 2. The van der Waals surface area contributed by atoms with Crippen LogP contribution in [-0.2, 0) is 6.18 Å². The van der Waals surface area contributed by atoms with Crippen molar-refractivity contribution in [1.29, 1.82) is 0 Å². The molecule has 1 aromatic carbocycles. The molecule has 1 unspecified atom stereocenters. The number of anilines is 1. The summed E-state index contributed by atoms with van der Waals surface area (Å²) in [5.74, 6) is 0.178. The molecular formula is C15H12F3N5S. The highest BCUT2D eigenvalue weighted by Gasteiger charge is 2.37. The van der Waals surface area contributed by atoms with E-state index in [2.05, 4.69) is 20.6 Å². The van der Waals surface area contributed by atoms with Crippen LogP contribution >= 0.6 is 11.8 Å². The van der Waals surface area contributed by atoms with E-state index in [0.717, 1.165) is 22.3 Å². The Morgan fingerprint density at radius 1 is 1.12 bits per heavy atom. The van der Waals surface area contributed by atoms with Crippen molar-refractivity contribution in [2.24, 2.45) is 0 Å². The fourth-order valence-corrected chi connectivity index (χ4v) is 3.84. The first kappa shape index (κ1) is 15.3. The molecule has 9 heteroatoms. The van der Waals surface area contributed by atoms with Crippen LogP contribution < -0.4 is 5.32 Å². The lowest BCUT2D eigenvalue weighted by Gasteiger charge is -2.26. The van der Waals surface area contributed by atoms with Crippen molar-refractivity contribution in [2.75, 3.05) is 11.1 Å². The van der Waals surface area contributed by atoms with Crippen LogP contribution in [0.1, 0.15) is 23.9 Å². The van der Waals surface area contributed by atoms with Gasteiger partial charge in [-0.05, 0) is 30.2 Å². The van der Waals surface area contributed by atoms with Gasteiger partial charge in [-0.15, -0.1) is 27.1 Å². The summed E-state index contributed by atoms with van der Waals surface area (Å²) in [6, 6.07) is 11.1. The number of nitrogens with one attached hydrogen (secondary N) is 1. The number of rotatable bonds is 2. The lowest BCUT2D eigenvalue weighted by Crippen LogP contribution is -2.18. The Morgan fingerprint density at radius 3 is 2.79 bits per heavy atom. The first-order valence-corrected chi connectivity index (χ1v) is 8.29. The van der Waals surface area contributed by atoms with E-state index < -0.39 is 12.0 Å². The van der Waals surface area contributed by atoms with Crippen molar-refractivity contribution in [3.05, 3.63) is 47.8 Å². The zero-order valence-corrected chi connectivity index (χ0v) is 13.1. The Balaban J connectivity index is 1.69. The highest BCUT2D eigenvalue weighted by atomic mass is 32.2. The van der Waals surface area contributed by atoms with Gasteiger partial charge in [-0.2, -0.15) is 17.7 Å². The Morgan fingerprint density at radius 2 is 1.96 bits per heavy atom. The van der Waals surface area contributed by atoms with Gasteiger partial charge in [-0.25, -0.2) is 0 Å². The summed E-state index contributed by atoms with van der Waals surface area (Å²) in [6.07, 6.45) is -3.73. The second-order valence-electron chi connectivity index (χ2n) is 5.38. The monoisotopic (exact) mass is 351 g/mol. The summed E-state index contributed by atoms with van der Waals surface area (Å²) in [5, 5.41) is 13.9. The van der Waals surface area contributed by atoms with Crippen LogP contribution in [-0.4, -0.2) is 25.6 Å². The van der Waals surface area contributed by atoms with Crippen molar-refractivity contribution in [1.82, 2.24) is 19.8 Å². The molecule has 1 aliphatic rings. The SMILES string of the molecule is FC(F)(F)c1nnc2ccc(NC3CCSc4ccccc43)nn12. The van der Waals surface area contributed by atoms with Gasteiger partial charge in [-0.3, -0.25) is 0 Å². The quantitative estimate of drug-likeness (QED) is 0.761. The van der Waals surface area contributed by atoms with E-state index in [4.69, 9.17) is 0 Å². The molecule has 0 aliphatic carbocycles. The topological polar surface area (TPSA) is 55.1 Å². The maximum atomic E-state index is 13.0. The van der Waals surface area contributed by atoms with Gasteiger partial charge >= 0.3 is 6.18 Å². The van der Waals surface area contributed by atoms with Gasteiger partial charge in [0, 0.05) is 10.6 Å². The molecule has 1 N–H and O–H groups in total. The normalized spacial score (nSPS) is 17.7. The summed E-state index contributed by atoms with van der Waals surface area (Å²) in [5.41, 5.74) is 1.20. The molecule has 1 aliphatic heterocycles. The number of hydrogen-bond acceptors (Lipinski definition) is 5. The minimum absolute atomic E-state index is 0.0122. The number of halogens is 3. The van der Waals surface area contributed by atoms with Crippen LogP contribution in [0.3, 0.4) is 0 Å². The van der Waals surface area contributed by atoms with Gasteiger partial charge in [0.05, 0.1) is 6.04 Å². The largest absolute Gasteiger partial charge is 0.453 e. The van der Waals surface area contributed by atoms with Gasteiger partial charge in [0.1, 0.15) is 5.82 Å². The van der Waals surface area contributed by atoms with E-state index in [1.165, 1.54) is 11.0 Å². The van der Waals surface area contributed by atoms with Crippen LogP contribution in [0.2, 0.25) is 0 Å². The zero-order valence-electron chi connectivity index (χ0n) is 12.3. The third-order valence-electron chi connectivity index (χ3n) is 3.80. The lowest BCUT2D eigenvalue weighted by molar-refractivity contribution is -0.146. The van der Waals surface area contributed by atoms with Crippen molar-refractivity contribution in [3.8, 4) is 0 Å². The molecule has 0 saturated heterocycles. The maximum Gasteiger partial charge on any atom is 0.453 e. The molecule has 124 valence electrons. The fraction of sp³-hybridized carbons (Fsp3) is 0.267. The van der Waals surface area contributed by atoms with Crippen LogP contribution in [0.25, 0.3) is 5.65 Å². The molecule has 3 aromatic rings. The molecule has 24 heavy (non-hydrogen) atoms. The smallest absolute Gasteiger partial charge is 0.362 e. The molecule has 0 spiro atoms. The van der Waals surface area contributed by atoms with E-state index in [1.54, 1.807) is 17.8 Å². The number of alkyl halides is 3. The van der Waals surface area contributed by atoms with Gasteiger partial charge in [0.2, 0.25) is 0 Å². The number of hydrogen-bond donors (Lipinski definition) is 1. The highest BCUT2D eigenvalue weighted by molar-refractivity contribution is 7.99. The third kappa shape index (κ3) is 2.68. The molecule has 3 heterocycles. The van der Waals surface area contributed by atoms with Gasteiger partial charge in [0.25, 0.3) is 5.82 Å². The van der Waals surface area contributed by atoms with Crippen molar-refractivity contribution >= 4 is 23.2 Å². The Labute approximate surface area is 139 Å².